The van der Waals surface area contributed by atoms with E-state index < -0.39 is 35.2 Å². The minimum atomic E-state index is -1.57. The van der Waals surface area contributed by atoms with E-state index in [-0.39, 0.29) is 29.3 Å². The molecule has 10 heteroatoms. The molecule has 4 rings (SSSR count). The van der Waals surface area contributed by atoms with Crippen LogP contribution in [0.4, 0.5) is 17.6 Å². The van der Waals surface area contributed by atoms with Crippen molar-refractivity contribution in [2.75, 3.05) is 7.05 Å². The van der Waals surface area contributed by atoms with E-state index in [1.165, 1.54) is 23.9 Å². The average molecular weight is 514 g/mol. The summed E-state index contributed by atoms with van der Waals surface area (Å²) in [5, 5.41) is 4.11. The van der Waals surface area contributed by atoms with Gasteiger partial charge in [-0.25, -0.2) is 22.2 Å². The third kappa shape index (κ3) is 4.87. The second-order valence-corrected chi connectivity index (χ2v) is 8.81. The molecule has 0 fully saturated rings. The molecule has 0 saturated carbocycles. The molecule has 1 amide bonds. The maximum Gasteiger partial charge on any atom is 0.254 e. The van der Waals surface area contributed by atoms with Gasteiger partial charge in [0.2, 0.25) is 0 Å². The van der Waals surface area contributed by atoms with Crippen molar-refractivity contribution in [3.8, 4) is 5.69 Å². The lowest BCUT2D eigenvalue weighted by Crippen LogP contribution is -2.53. The van der Waals surface area contributed by atoms with Crippen LogP contribution in [0.25, 0.3) is 5.69 Å². The second kappa shape index (κ2) is 10.6. The maximum atomic E-state index is 14.5. The Labute approximate surface area is 212 Å². The second-order valence-electron chi connectivity index (χ2n) is 8.81. The van der Waals surface area contributed by atoms with Crippen LogP contribution in [0.2, 0.25) is 0 Å². The molecule has 2 heterocycles. The number of nitrogens with zero attached hydrogens (tertiary/aromatic N) is 4. The van der Waals surface area contributed by atoms with Crippen LogP contribution in [0.5, 0.6) is 0 Å². The molecule has 37 heavy (non-hydrogen) atoms. The zero-order valence-electron chi connectivity index (χ0n) is 20.7. The largest absolute Gasteiger partial charge is 0.400 e. The van der Waals surface area contributed by atoms with Gasteiger partial charge in [-0.15, -0.1) is 0 Å². The van der Waals surface area contributed by atoms with Crippen LogP contribution in [0, 0.1) is 23.3 Å². The number of benzene rings is 2. The van der Waals surface area contributed by atoms with E-state index in [2.05, 4.69) is 10.1 Å². The molecular formula is C27H27F4N5O. The summed E-state index contributed by atoms with van der Waals surface area (Å²) in [4.78, 5) is 19.6. The van der Waals surface area contributed by atoms with Gasteiger partial charge in [-0.1, -0.05) is 13.8 Å². The molecule has 2 N–H and O–H groups in total. The number of hydrogen-bond acceptors (Lipinski definition) is 4. The number of amides is 1. The number of halogens is 4. The fraction of sp³-hybridized carbons (Fsp3) is 0.296. The molecule has 1 aromatic heterocycles. The van der Waals surface area contributed by atoms with Crippen molar-refractivity contribution in [2.24, 2.45) is 10.7 Å². The van der Waals surface area contributed by atoms with Crippen LogP contribution in [0.1, 0.15) is 49.0 Å². The van der Waals surface area contributed by atoms with E-state index in [4.69, 9.17) is 5.73 Å². The van der Waals surface area contributed by atoms with E-state index in [9.17, 15) is 22.4 Å². The van der Waals surface area contributed by atoms with Crippen LogP contribution in [-0.4, -0.2) is 45.4 Å². The molecule has 2 atom stereocenters. The topological polar surface area (TPSA) is 76.5 Å². The zero-order chi connectivity index (χ0) is 26.9. The monoisotopic (exact) mass is 513 g/mol. The number of aliphatic imine (C=N–C) groups is 1. The first-order valence-electron chi connectivity index (χ1n) is 11.9. The zero-order valence-corrected chi connectivity index (χ0v) is 20.7. The lowest BCUT2D eigenvalue weighted by Gasteiger charge is -2.43. The van der Waals surface area contributed by atoms with Crippen LogP contribution in [-0.2, 0) is 0 Å². The Balaban J connectivity index is 1.77. The third-order valence-electron chi connectivity index (χ3n) is 6.63. The molecule has 0 radical (unpaired) electrons. The number of aromatic nitrogens is 2. The molecule has 3 aromatic rings. The van der Waals surface area contributed by atoms with Gasteiger partial charge in [0.05, 0.1) is 17.4 Å². The molecular weight excluding hydrogens is 486 g/mol. The Bertz CT molecular complexity index is 1360. The maximum absolute atomic E-state index is 14.5. The molecule has 0 bridgehead atoms. The fourth-order valence-electron chi connectivity index (χ4n) is 4.89. The molecule has 2 aromatic carbocycles. The smallest absolute Gasteiger partial charge is 0.254 e. The number of rotatable bonds is 6. The Kier molecular flexibility index (Phi) is 7.47. The molecule has 6 nitrogen and oxygen atoms in total. The van der Waals surface area contributed by atoms with Gasteiger partial charge in [-0.3, -0.25) is 9.79 Å². The highest BCUT2D eigenvalue weighted by molar-refractivity contribution is 6.13. The van der Waals surface area contributed by atoms with Crippen LogP contribution in [0.3, 0.4) is 0 Å². The molecule has 0 saturated heterocycles. The van der Waals surface area contributed by atoms with Gasteiger partial charge in [0, 0.05) is 47.9 Å². The lowest BCUT2D eigenvalue weighted by molar-refractivity contribution is 0.0570. The van der Waals surface area contributed by atoms with E-state index in [1.54, 1.807) is 29.4 Å². The lowest BCUT2D eigenvalue weighted by atomic mass is 9.85. The highest BCUT2D eigenvalue weighted by Gasteiger charge is 2.38. The van der Waals surface area contributed by atoms with Crippen LogP contribution >= 0.6 is 0 Å². The van der Waals surface area contributed by atoms with Crippen molar-refractivity contribution in [3.05, 3.63) is 94.5 Å². The Morgan fingerprint density at radius 1 is 1.05 bits per heavy atom. The van der Waals surface area contributed by atoms with Crippen molar-refractivity contribution in [2.45, 2.75) is 45.2 Å². The summed E-state index contributed by atoms with van der Waals surface area (Å²) in [5.74, 6) is -5.21. The van der Waals surface area contributed by atoms with Crippen molar-refractivity contribution in [3.63, 3.8) is 0 Å². The van der Waals surface area contributed by atoms with E-state index >= 15 is 0 Å². The molecule has 1 aliphatic heterocycles. The van der Waals surface area contributed by atoms with Gasteiger partial charge in [0.1, 0.15) is 5.82 Å². The number of carbonyl (C=O) groups is 1. The molecule has 194 valence electrons. The van der Waals surface area contributed by atoms with E-state index in [0.717, 1.165) is 12.1 Å². The Hall–Kier alpha value is -3.95. The summed E-state index contributed by atoms with van der Waals surface area (Å²) in [6, 6.07) is 6.53. The first-order valence-corrected chi connectivity index (χ1v) is 11.9. The van der Waals surface area contributed by atoms with Crippen molar-refractivity contribution < 1.29 is 22.4 Å². The number of nitrogens with two attached hydrogens (primary N) is 1. The predicted molar refractivity (Wildman–Crippen MR) is 132 cm³/mol. The molecule has 0 spiro atoms. The number of hydrogen-bond donors (Lipinski definition) is 1. The summed E-state index contributed by atoms with van der Waals surface area (Å²) in [6.45, 7) is 3.76. The highest BCUT2D eigenvalue weighted by atomic mass is 19.2. The quantitative estimate of drug-likeness (QED) is 0.281. The Morgan fingerprint density at radius 3 is 2.32 bits per heavy atom. The first-order chi connectivity index (χ1) is 17.7. The van der Waals surface area contributed by atoms with Crippen LogP contribution < -0.4 is 5.73 Å². The first kappa shape index (κ1) is 26.1. The standard InChI is InChI=1S/C27H27F4N5O/c1-4-18-14-20(26(33-3)15-11-21(29)24(31)22(30)12-15)25(32)23(5-2)36(18)27(37)16-9-17(28)13-19(10-16)35-8-6-7-34-35/h6-13,18,23H,4-5,14,32H2,1-3H3/t18-,23+/m0/s1. The normalized spacial score (nSPS) is 18.5. The number of carbonyl (C=O) groups excluding carboxylic acids is 1. The van der Waals surface area contributed by atoms with Crippen LogP contribution in [0.15, 0.2) is 65.1 Å². The minimum absolute atomic E-state index is 0.0512. The third-order valence-corrected chi connectivity index (χ3v) is 6.63. The molecule has 1 aliphatic rings. The van der Waals surface area contributed by atoms with Crippen molar-refractivity contribution in [1.29, 1.82) is 0 Å². The van der Waals surface area contributed by atoms with E-state index in [1.807, 2.05) is 13.8 Å². The summed E-state index contributed by atoms with van der Waals surface area (Å²) in [7, 11) is 1.46. The van der Waals surface area contributed by atoms with Crippen molar-refractivity contribution in [1.82, 2.24) is 14.7 Å². The Morgan fingerprint density at radius 2 is 1.76 bits per heavy atom. The molecule has 0 aliphatic carbocycles. The molecule has 0 unspecified atom stereocenters. The van der Waals surface area contributed by atoms with Gasteiger partial charge in [-0.05, 0) is 55.7 Å². The summed E-state index contributed by atoms with van der Waals surface area (Å²) in [5.41, 5.74) is 8.24. The van der Waals surface area contributed by atoms with Gasteiger partial charge in [0.15, 0.2) is 17.5 Å². The summed E-state index contributed by atoms with van der Waals surface area (Å²) < 4.78 is 57.6. The summed E-state index contributed by atoms with van der Waals surface area (Å²) in [6.07, 6.45) is 4.41. The van der Waals surface area contributed by atoms with Crippen molar-refractivity contribution >= 4 is 11.6 Å². The minimum Gasteiger partial charge on any atom is -0.400 e. The van der Waals surface area contributed by atoms with Gasteiger partial charge in [0.25, 0.3) is 5.91 Å². The average Bonchev–Trinajstić information content (AvgIpc) is 3.42. The SMILES string of the molecule is CC[C@H]1CC(C(=NC)c2cc(F)c(F)c(F)c2)=C(N)[C@@H](CC)N1C(=O)c1cc(F)cc(-n2cccn2)c1. The fourth-order valence-corrected chi connectivity index (χ4v) is 4.89. The predicted octanol–water partition coefficient (Wildman–Crippen LogP) is 5.16. The van der Waals surface area contributed by atoms with Gasteiger partial charge in [-0.2, -0.15) is 5.10 Å². The van der Waals surface area contributed by atoms with Gasteiger partial charge >= 0.3 is 0 Å². The van der Waals surface area contributed by atoms with E-state index in [0.29, 0.717) is 29.8 Å². The van der Waals surface area contributed by atoms with Gasteiger partial charge < -0.3 is 10.6 Å². The highest BCUT2D eigenvalue weighted by Crippen LogP contribution is 2.34. The summed E-state index contributed by atoms with van der Waals surface area (Å²) >= 11 is 0.